The van der Waals surface area contributed by atoms with Crippen molar-refractivity contribution in [2.24, 2.45) is 5.92 Å². The molecule has 0 bridgehead atoms. The zero-order valence-corrected chi connectivity index (χ0v) is 16.9. The van der Waals surface area contributed by atoms with Crippen molar-refractivity contribution in [3.63, 3.8) is 0 Å². The van der Waals surface area contributed by atoms with Crippen molar-refractivity contribution in [1.29, 1.82) is 0 Å². The third kappa shape index (κ3) is 4.60. The van der Waals surface area contributed by atoms with E-state index in [0.717, 1.165) is 36.3 Å². The molecule has 0 amide bonds. The van der Waals surface area contributed by atoms with E-state index in [0.29, 0.717) is 6.42 Å². The minimum Gasteiger partial charge on any atom is -0.497 e. The molecular weight excluding hydrogens is 334 g/mol. The highest BCUT2D eigenvalue weighted by Crippen LogP contribution is 2.44. The van der Waals surface area contributed by atoms with Gasteiger partial charge in [0.1, 0.15) is 5.75 Å². The summed E-state index contributed by atoms with van der Waals surface area (Å²) in [5.74, 6) is 1.07. The molecule has 2 aromatic rings. The van der Waals surface area contributed by atoms with Crippen LogP contribution in [0.4, 0.5) is 0 Å². The van der Waals surface area contributed by atoms with Gasteiger partial charge >= 0.3 is 0 Å². The van der Waals surface area contributed by atoms with E-state index in [4.69, 9.17) is 4.74 Å². The summed E-state index contributed by atoms with van der Waals surface area (Å²) >= 11 is 0. The maximum atomic E-state index is 11.9. The van der Waals surface area contributed by atoms with Crippen LogP contribution in [0.3, 0.4) is 0 Å². The molecule has 2 atom stereocenters. The number of aryl methyl sites for hydroxylation is 1. The largest absolute Gasteiger partial charge is 0.497 e. The molecule has 0 spiro atoms. The van der Waals surface area contributed by atoms with Gasteiger partial charge < -0.3 is 14.7 Å². The third-order valence-electron chi connectivity index (χ3n) is 5.57. The van der Waals surface area contributed by atoms with E-state index in [-0.39, 0.29) is 5.92 Å². The van der Waals surface area contributed by atoms with Crippen LogP contribution in [-0.4, -0.2) is 43.4 Å². The van der Waals surface area contributed by atoms with Gasteiger partial charge in [-0.05, 0) is 62.7 Å². The zero-order chi connectivity index (χ0) is 19.4. The number of methoxy groups -OCH3 is 1. The Bertz CT molecular complexity index is 812. The molecule has 144 valence electrons. The van der Waals surface area contributed by atoms with Crippen molar-refractivity contribution in [3.8, 4) is 5.75 Å². The van der Waals surface area contributed by atoms with Gasteiger partial charge in [-0.15, -0.1) is 0 Å². The summed E-state index contributed by atoms with van der Waals surface area (Å²) in [7, 11) is 5.84. The van der Waals surface area contributed by atoms with Crippen LogP contribution in [0.1, 0.15) is 29.5 Å². The number of benzene rings is 2. The Morgan fingerprint density at radius 1 is 1.19 bits per heavy atom. The van der Waals surface area contributed by atoms with Crippen molar-refractivity contribution in [1.82, 2.24) is 4.90 Å². The van der Waals surface area contributed by atoms with Crippen LogP contribution in [0.15, 0.2) is 54.1 Å². The van der Waals surface area contributed by atoms with Crippen molar-refractivity contribution < 1.29 is 9.84 Å². The normalized spacial score (nSPS) is 23.9. The van der Waals surface area contributed by atoms with Crippen molar-refractivity contribution in [2.75, 3.05) is 27.7 Å². The molecular formula is C24H31NO2. The lowest BCUT2D eigenvalue weighted by Crippen LogP contribution is -2.42. The molecule has 0 aliphatic heterocycles. The molecule has 1 fully saturated rings. The third-order valence-corrected chi connectivity index (χ3v) is 5.57. The highest BCUT2D eigenvalue weighted by Gasteiger charge is 2.45. The fourth-order valence-corrected chi connectivity index (χ4v) is 4.25. The molecule has 0 radical (unpaired) electrons. The first-order valence-electron chi connectivity index (χ1n) is 9.68. The van der Waals surface area contributed by atoms with Gasteiger partial charge in [-0.1, -0.05) is 48.0 Å². The molecule has 27 heavy (non-hydrogen) atoms. The Labute approximate surface area is 163 Å². The van der Waals surface area contributed by atoms with E-state index >= 15 is 0 Å². The molecule has 0 heterocycles. The van der Waals surface area contributed by atoms with Gasteiger partial charge in [0, 0.05) is 18.9 Å². The Morgan fingerprint density at radius 3 is 2.67 bits per heavy atom. The van der Waals surface area contributed by atoms with Crippen LogP contribution >= 0.6 is 0 Å². The van der Waals surface area contributed by atoms with Gasteiger partial charge in [-0.3, -0.25) is 0 Å². The number of rotatable bonds is 6. The van der Waals surface area contributed by atoms with Crippen LogP contribution in [0, 0.1) is 12.8 Å². The van der Waals surface area contributed by atoms with Gasteiger partial charge in [-0.25, -0.2) is 0 Å². The van der Waals surface area contributed by atoms with E-state index in [1.54, 1.807) is 7.11 Å². The van der Waals surface area contributed by atoms with Crippen LogP contribution in [-0.2, 0) is 6.42 Å². The SMILES string of the molecule is COc1cccc(/C=C2\CCC(CN(C)C)C2(O)Cc2cccc(C)c2)c1. The minimum absolute atomic E-state index is 0.227. The van der Waals surface area contributed by atoms with Crippen LogP contribution in [0.5, 0.6) is 5.75 Å². The Balaban J connectivity index is 1.96. The maximum Gasteiger partial charge on any atom is 0.119 e. The monoisotopic (exact) mass is 365 g/mol. The van der Waals surface area contributed by atoms with Crippen LogP contribution in [0.2, 0.25) is 0 Å². The first-order valence-corrected chi connectivity index (χ1v) is 9.68. The lowest BCUT2D eigenvalue weighted by molar-refractivity contribution is 0.0257. The number of ether oxygens (including phenoxy) is 1. The summed E-state index contributed by atoms with van der Waals surface area (Å²) in [4.78, 5) is 2.18. The van der Waals surface area contributed by atoms with Crippen LogP contribution in [0.25, 0.3) is 6.08 Å². The molecule has 3 rings (SSSR count). The second kappa shape index (κ2) is 8.28. The molecule has 1 saturated carbocycles. The Kier molecular flexibility index (Phi) is 6.03. The summed E-state index contributed by atoms with van der Waals surface area (Å²) in [6, 6.07) is 16.5. The summed E-state index contributed by atoms with van der Waals surface area (Å²) in [5, 5.41) is 11.9. The topological polar surface area (TPSA) is 32.7 Å². The number of aliphatic hydroxyl groups is 1. The standard InChI is InChI=1S/C24H31NO2/c1-18-7-5-9-20(13-18)16-24(26)21(11-12-22(24)17-25(2)3)14-19-8-6-10-23(15-19)27-4/h5-10,13-15,22,26H,11-12,16-17H2,1-4H3/b21-14+. The molecule has 3 heteroatoms. The van der Waals surface area contributed by atoms with E-state index < -0.39 is 5.60 Å². The molecule has 0 aromatic heterocycles. The predicted molar refractivity (Wildman–Crippen MR) is 112 cm³/mol. The summed E-state index contributed by atoms with van der Waals surface area (Å²) in [6.45, 7) is 2.99. The van der Waals surface area contributed by atoms with Crippen molar-refractivity contribution >= 4 is 6.08 Å². The number of nitrogens with zero attached hydrogens (tertiary/aromatic N) is 1. The maximum absolute atomic E-state index is 11.9. The second-order valence-corrected chi connectivity index (χ2v) is 8.03. The lowest BCUT2D eigenvalue weighted by Gasteiger charge is -2.34. The summed E-state index contributed by atoms with van der Waals surface area (Å²) in [5.41, 5.74) is 3.82. The van der Waals surface area contributed by atoms with Crippen molar-refractivity contribution in [3.05, 3.63) is 70.8 Å². The van der Waals surface area contributed by atoms with Crippen LogP contribution < -0.4 is 4.74 Å². The molecule has 3 nitrogen and oxygen atoms in total. The first kappa shape index (κ1) is 19.7. The van der Waals surface area contributed by atoms with Gasteiger partial charge in [0.15, 0.2) is 0 Å². The van der Waals surface area contributed by atoms with E-state index in [1.807, 2.05) is 18.2 Å². The molecule has 0 saturated heterocycles. The average Bonchev–Trinajstić information content (AvgIpc) is 2.90. The predicted octanol–water partition coefficient (Wildman–Crippen LogP) is 4.33. The first-order chi connectivity index (χ1) is 12.9. The molecule has 2 aromatic carbocycles. The number of hydrogen-bond acceptors (Lipinski definition) is 3. The fourth-order valence-electron chi connectivity index (χ4n) is 4.25. The van der Waals surface area contributed by atoms with Crippen molar-refractivity contribution in [2.45, 2.75) is 31.8 Å². The van der Waals surface area contributed by atoms with Gasteiger partial charge in [0.05, 0.1) is 12.7 Å². The Morgan fingerprint density at radius 2 is 1.96 bits per heavy atom. The molecule has 2 unspecified atom stereocenters. The van der Waals surface area contributed by atoms with E-state index in [9.17, 15) is 5.11 Å². The van der Waals surface area contributed by atoms with E-state index in [2.05, 4.69) is 62.3 Å². The van der Waals surface area contributed by atoms with Gasteiger partial charge in [0.2, 0.25) is 0 Å². The van der Waals surface area contributed by atoms with Gasteiger partial charge in [0.25, 0.3) is 0 Å². The van der Waals surface area contributed by atoms with Gasteiger partial charge in [-0.2, -0.15) is 0 Å². The van der Waals surface area contributed by atoms with E-state index in [1.165, 1.54) is 11.1 Å². The molecule has 1 aliphatic carbocycles. The summed E-state index contributed by atoms with van der Waals surface area (Å²) < 4.78 is 5.36. The smallest absolute Gasteiger partial charge is 0.119 e. The molecule has 1 aliphatic rings. The zero-order valence-electron chi connectivity index (χ0n) is 16.9. The average molecular weight is 366 g/mol. The summed E-state index contributed by atoms with van der Waals surface area (Å²) in [6.07, 6.45) is 4.76. The fraction of sp³-hybridized carbons (Fsp3) is 0.417. The second-order valence-electron chi connectivity index (χ2n) is 8.03. The lowest BCUT2D eigenvalue weighted by atomic mass is 9.81. The minimum atomic E-state index is -0.818. The number of hydrogen-bond donors (Lipinski definition) is 1. The quantitative estimate of drug-likeness (QED) is 0.827. The highest BCUT2D eigenvalue weighted by atomic mass is 16.5. The molecule has 1 N–H and O–H groups in total. The Hall–Kier alpha value is -2.10. The highest BCUT2D eigenvalue weighted by molar-refractivity contribution is 5.58.